The number of carbonyl (C=O) groups excluding carboxylic acids is 2. The van der Waals surface area contributed by atoms with Crippen molar-refractivity contribution < 1.29 is 19.1 Å². The molecule has 25 heavy (non-hydrogen) atoms. The highest BCUT2D eigenvalue weighted by atomic mass is 32.1. The zero-order valence-electron chi connectivity index (χ0n) is 13.7. The monoisotopic (exact) mass is 360 g/mol. The second kappa shape index (κ2) is 8.53. The van der Waals surface area contributed by atoms with Crippen molar-refractivity contribution in [2.45, 2.75) is 19.4 Å². The molecule has 2 N–H and O–H groups in total. The Morgan fingerprint density at radius 2 is 1.92 bits per heavy atom. The molecule has 0 fully saturated rings. The molecule has 1 aliphatic rings. The molecule has 2 amide bonds. The highest BCUT2D eigenvalue weighted by Gasteiger charge is 2.12. The summed E-state index contributed by atoms with van der Waals surface area (Å²) in [4.78, 5) is 24.3. The van der Waals surface area contributed by atoms with E-state index in [-0.39, 0.29) is 11.8 Å². The van der Waals surface area contributed by atoms with E-state index in [1.807, 2.05) is 29.6 Å². The van der Waals surface area contributed by atoms with E-state index >= 15 is 0 Å². The summed E-state index contributed by atoms with van der Waals surface area (Å²) in [5, 5.41) is 7.55. The van der Waals surface area contributed by atoms with Crippen molar-refractivity contribution in [3.05, 3.63) is 46.2 Å². The summed E-state index contributed by atoms with van der Waals surface area (Å²) in [5.74, 6) is 1.32. The predicted molar refractivity (Wildman–Crippen MR) is 95.2 cm³/mol. The number of carbonyl (C=O) groups is 2. The minimum atomic E-state index is -0.0910. The van der Waals surface area contributed by atoms with Crippen LogP contribution in [0, 0.1) is 0 Å². The van der Waals surface area contributed by atoms with Crippen molar-refractivity contribution >= 4 is 23.2 Å². The zero-order chi connectivity index (χ0) is 17.5. The maximum atomic E-state index is 11.9. The van der Waals surface area contributed by atoms with E-state index in [0.29, 0.717) is 49.8 Å². The minimum absolute atomic E-state index is 0.0414. The van der Waals surface area contributed by atoms with Gasteiger partial charge in [0.25, 0.3) is 5.91 Å². The number of rotatable bonds is 7. The Hall–Kier alpha value is -2.54. The lowest BCUT2D eigenvalue weighted by atomic mass is 10.2. The average Bonchev–Trinajstić information content (AvgIpc) is 3.18. The van der Waals surface area contributed by atoms with Crippen molar-refractivity contribution in [3.63, 3.8) is 0 Å². The van der Waals surface area contributed by atoms with Crippen molar-refractivity contribution in [1.82, 2.24) is 10.6 Å². The summed E-state index contributed by atoms with van der Waals surface area (Å²) in [7, 11) is 0. The van der Waals surface area contributed by atoms with Crippen LogP contribution in [0.1, 0.15) is 28.1 Å². The van der Waals surface area contributed by atoms with Gasteiger partial charge >= 0.3 is 0 Å². The highest BCUT2D eigenvalue weighted by molar-refractivity contribution is 7.12. The maximum Gasteiger partial charge on any atom is 0.261 e. The summed E-state index contributed by atoms with van der Waals surface area (Å²) >= 11 is 1.40. The molecule has 132 valence electrons. The maximum absolute atomic E-state index is 11.9. The number of hydrogen-bond donors (Lipinski definition) is 2. The van der Waals surface area contributed by atoms with Crippen molar-refractivity contribution in [2.24, 2.45) is 0 Å². The number of amides is 2. The fraction of sp³-hybridized carbons (Fsp3) is 0.333. The van der Waals surface area contributed by atoms with Crippen LogP contribution >= 0.6 is 11.3 Å². The Balaban J connectivity index is 1.35. The standard InChI is InChI=1S/C18H20N2O4S/c21-17(4-1-7-19-18(22)16-3-2-10-25-16)20-12-13-5-6-14-15(11-13)24-9-8-23-14/h2-3,5-6,10-11H,1,4,7-9,12H2,(H,19,22)(H,20,21). The van der Waals surface area contributed by atoms with Crippen LogP contribution in [0.5, 0.6) is 11.5 Å². The fourth-order valence-corrected chi connectivity index (χ4v) is 3.07. The molecule has 0 spiro atoms. The summed E-state index contributed by atoms with van der Waals surface area (Å²) in [6.45, 7) is 2.03. The van der Waals surface area contributed by atoms with Gasteiger partial charge in [-0.15, -0.1) is 11.3 Å². The first-order valence-electron chi connectivity index (χ1n) is 8.19. The van der Waals surface area contributed by atoms with E-state index in [1.165, 1.54) is 11.3 Å². The van der Waals surface area contributed by atoms with Crippen LogP contribution in [-0.2, 0) is 11.3 Å². The summed E-state index contributed by atoms with van der Waals surface area (Å²) in [5.41, 5.74) is 0.962. The molecule has 2 heterocycles. The molecular formula is C18H20N2O4S. The average molecular weight is 360 g/mol. The van der Waals surface area contributed by atoms with E-state index in [1.54, 1.807) is 6.07 Å². The quantitative estimate of drug-likeness (QED) is 0.743. The first kappa shape index (κ1) is 17.3. The van der Waals surface area contributed by atoms with Crippen LogP contribution in [0.25, 0.3) is 0 Å². The minimum Gasteiger partial charge on any atom is -0.486 e. The molecule has 0 radical (unpaired) electrons. The largest absolute Gasteiger partial charge is 0.486 e. The van der Waals surface area contributed by atoms with Gasteiger partial charge in [0.2, 0.25) is 5.91 Å². The number of ether oxygens (including phenoxy) is 2. The van der Waals surface area contributed by atoms with E-state index in [2.05, 4.69) is 10.6 Å². The van der Waals surface area contributed by atoms with Crippen LogP contribution < -0.4 is 20.1 Å². The van der Waals surface area contributed by atoms with Gasteiger partial charge in [-0.2, -0.15) is 0 Å². The third-order valence-corrected chi connectivity index (χ3v) is 4.58. The Morgan fingerprint density at radius 1 is 1.08 bits per heavy atom. The second-order valence-electron chi connectivity index (χ2n) is 5.59. The lowest BCUT2D eigenvalue weighted by Gasteiger charge is -2.19. The third kappa shape index (κ3) is 4.96. The van der Waals surface area contributed by atoms with Gasteiger partial charge in [-0.1, -0.05) is 12.1 Å². The summed E-state index contributed by atoms with van der Waals surface area (Å²) < 4.78 is 11.0. The zero-order valence-corrected chi connectivity index (χ0v) is 14.6. The molecular weight excluding hydrogens is 340 g/mol. The molecule has 0 unspecified atom stereocenters. The first-order chi connectivity index (χ1) is 12.2. The molecule has 1 aliphatic heterocycles. The van der Waals surface area contributed by atoms with Crippen molar-refractivity contribution in [2.75, 3.05) is 19.8 Å². The number of hydrogen-bond acceptors (Lipinski definition) is 5. The second-order valence-corrected chi connectivity index (χ2v) is 6.54. The number of nitrogens with one attached hydrogen (secondary N) is 2. The Kier molecular flexibility index (Phi) is 5.90. The van der Waals surface area contributed by atoms with E-state index in [4.69, 9.17) is 9.47 Å². The molecule has 2 aromatic rings. The normalized spacial score (nSPS) is 12.5. The van der Waals surface area contributed by atoms with Crippen molar-refractivity contribution in [3.8, 4) is 11.5 Å². The first-order valence-corrected chi connectivity index (χ1v) is 9.07. The van der Waals surface area contributed by atoms with Crippen LogP contribution in [0.2, 0.25) is 0 Å². The van der Waals surface area contributed by atoms with Gasteiger partial charge in [-0.05, 0) is 35.6 Å². The van der Waals surface area contributed by atoms with E-state index < -0.39 is 0 Å². The summed E-state index contributed by atoms with van der Waals surface area (Å²) in [6, 6.07) is 9.27. The van der Waals surface area contributed by atoms with Gasteiger partial charge in [0.1, 0.15) is 13.2 Å². The Labute approximate surface area is 150 Å². The molecule has 1 aromatic carbocycles. The summed E-state index contributed by atoms with van der Waals surface area (Å²) in [6.07, 6.45) is 0.972. The molecule has 0 aliphatic carbocycles. The van der Waals surface area contributed by atoms with Crippen LogP contribution in [-0.4, -0.2) is 31.6 Å². The smallest absolute Gasteiger partial charge is 0.261 e. The predicted octanol–water partition coefficient (Wildman–Crippen LogP) is 2.35. The van der Waals surface area contributed by atoms with Gasteiger partial charge in [0, 0.05) is 19.5 Å². The molecule has 0 atom stereocenters. The molecule has 0 saturated carbocycles. The molecule has 0 saturated heterocycles. The number of benzene rings is 1. The van der Waals surface area contributed by atoms with Gasteiger partial charge in [-0.25, -0.2) is 0 Å². The number of thiophene rings is 1. The Morgan fingerprint density at radius 3 is 2.72 bits per heavy atom. The van der Waals surface area contributed by atoms with Crippen LogP contribution in [0.3, 0.4) is 0 Å². The lowest BCUT2D eigenvalue weighted by Crippen LogP contribution is -2.27. The molecule has 6 nitrogen and oxygen atoms in total. The number of fused-ring (bicyclic) bond motifs is 1. The van der Waals surface area contributed by atoms with E-state index in [9.17, 15) is 9.59 Å². The van der Waals surface area contributed by atoms with Gasteiger partial charge in [0.05, 0.1) is 4.88 Å². The molecule has 0 bridgehead atoms. The topological polar surface area (TPSA) is 76.7 Å². The molecule has 1 aromatic heterocycles. The van der Waals surface area contributed by atoms with Crippen LogP contribution in [0.4, 0.5) is 0 Å². The Bertz CT molecular complexity index is 731. The molecule has 7 heteroatoms. The van der Waals surface area contributed by atoms with E-state index in [0.717, 1.165) is 11.3 Å². The van der Waals surface area contributed by atoms with Crippen LogP contribution in [0.15, 0.2) is 35.7 Å². The highest BCUT2D eigenvalue weighted by Crippen LogP contribution is 2.30. The third-order valence-electron chi connectivity index (χ3n) is 3.71. The van der Waals surface area contributed by atoms with Gasteiger partial charge < -0.3 is 20.1 Å². The van der Waals surface area contributed by atoms with Gasteiger partial charge in [-0.3, -0.25) is 9.59 Å². The van der Waals surface area contributed by atoms with Gasteiger partial charge in [0.15, 0.2) is 11.5 Å². The SMILES string of the molecule is O=C(CCCNC(=O)c1cccs1)NCc1ccc2c(c1)OCCO2. The van der Waals surface area contributed by atoms with Crippen molar-refractivity contribution in [1.29, 1.82) is 0 Å². The fourth-order valence-electron chi connectivity index (χ4n) is 2.43. The molecule has 3 rings (SSSR count). The lowest BCUT2D eigenvalue weighted by molar-refractivity contribution is -0.121.